The highest BCUT2D eigenvalue weighted by Gasteiger charge is 2.18. The van der Waals surface area contributed by atoms with Crippen LogP contribution in [0.4, 0.5) is 11.5 Å². The Morgan fingerprint density at radius 2 is 2.05 bits per heavy atom. The fraction of sp³-hybridized carbons (Fsp3) is 0. The molecule has 3 heterocycles. The van der Waals surface area contributed by atoms with Crippen LogP contribution in [0.3, 0.4) is 0 Å². The molecule has 3 aromatic rings. The second-order valence-electron chi connectivity index (χ2n) is 3.85. The summed E-state index contributed by atoms with van der Waals surface area (Å²) in [5, 5.41) is 18.3. The molecule has 94 valence electrons. The lowest BCUT2D eigenvalue weighted by Crippen LogP contribution is -1.98. The fourth-order valence-corrected chi connectivity index (χ4v) is 1.83. The second kappa shape index (κ2) is 4.02. The third kappa shape index (κ3) is 1.75. The van der Waals surface area contributed by atoms with Crippen molar-refractivity contribution >= 4 is 22.5 Å². The number of rotatable bonds is 2. The van der Waals surface area contributed by atoms with Crippen LogP contribution in [0.2, 0.25) is 0 Å². The average molecular weight is 256 g/mol. The van der Waals surface area contributed by atoms with Crippen LogP contribution in [0.15, 0.2) is 30.6 Å². The predicted molar refractivity (Wildman–Crippen MR) is 68.2 cm³/mol. The van der Waals surface area contributed by atoms with Crippen LogP contribution in [0.5, 0.6) is 0 Å². The van der Waals surface area contributed by atoms with E-state index in [1.807, 2.05) is 0 Å². The highest BCUT2D eigenvalue weighted by Crippen LogP contribution is 2.30. The van der Waals surface area contributed by atoms with Crippen molar-refractivity contribution in [2.75, 3.05) is 5.73 Å². The largest absolute Gasteiger partial charge is 0.378 e. The number of fused-ring (bicyclic) bond motifs is 1. The average Bonchev–Trinajstić information content (AvgIpc) is 2.81. The summed E-state index contributed by atoms with van der Waals surface area (Å²) in [4.78, 5) is 18.2. The van der Waals surface area contributed by atoms with E-state index in [4.69, 9.17) is 5.73 Å². The first kappa shape index (κ1) is 11.1. The molecule has 0 bridgehead atoms. The molecule has 0 radical (unpaired) electrons. The van der Waals surface area contributed by atoms with Gasteiger partial charge in [-0.3, -0.25) is 20.2 Å². The van der Waals surface area contributed by atoms with E-state index in [2.05, 4.69) is 20.2 Å². The lowest BCUT2D eigenvalue weighted by atomic mass is 10.1. The molecule has 3 aromatic heterocycles. The minimum atomic E-state index is -0.564. The van der Waals surface area contributed by atoms with Crippen LogP contribution in [-0.4, -0.2) is 25.1 Å². The van der Waals surface area contributed by atoms with E-state index in [1.54, 1.807) is 24.5 Å². The summed E-state index contributed by atoms with van der Waals surface area (Å²) in [5.41, 5.74) is 7.08. The van der Waals surface area contributed by atoms with Crippen LogP contribution in [0, 0.1) is 10.1 Å². The molecule has 0 unspecified atom stereocenters. The molecular weight excluding hydrogens is 248 g/mol. The Bertz CT molecular complexity index is 767. The number of hydrogen-bond donors (Lipinski definition) is 2. The van der Waals surface area contributed by atoms with Crippen molar-refractivity contribution in [2.24, 2.45) is 0 Å². The van der Waals surface area contributed by atoms with Crippen LogP contribution in [0.1, 0.15) is 0 Å². The first-order valence-electron chi connectivity index (χ1n) is 5.36. The Hall–Kier alpha value is -3.03. The fourth-order valence-electron chi connectivity index (χ4n) is 1.83. The Labute approximate surface area is 106 Å². The molecule has 0 aliphatic carbocycles. The Kier molecular flexibility index (Phi) is 2.34. The molecule has 0 aliphatic rings. The van der Waals surface area contributed by atoms with E-state index in [0.717, 1.165) is 5.56 Å². The number of aromatic amines is 1. The van der Waals surface area contributed by atoms with Gasteiger partial charge in [0.2, 0.25) is 5.82 Å². The number of nitrogen functional groups attached to an aromatic ring is 1. The minimum absolute atomic E-state index is 0.137. The molecule has 0 fully saturated rings. The topological polar surface area (TPSA) is 124 Å². The number of nitrogens with two attached hydrogens (primary N) is 1. The Morgan fingerprint density at radius 1 is 1.32 bits per heavy atom. The number of H-pyrrole nitrogens is 1. The van der Waals surface area contributed by atoms with Crippen molar-refractivity contribution in [3.8, 4) is 11.3 Å². The maximum Gasteiger partial charge on any atom is 0.311 e. The van der Waals surface area contributed by atoms with E-state index in [-0.39, 0.29) is 11.5 Å². The summed E-state index contributed by atoms with van der Waals surface area (Å²) in [6.07, 6.45) is 3.24. The van der Waals surface area contributed by atoms with E-state index >= 15 is 0 Å². The van der Waals surface area contributed by atoms with E-state index in [1.165, 1.54) is 6.07 Å². The van der Waals surface area contributed by atoms with Crippen molar-refractivity contribution in [1.82, 2.24) is 20.2 Å². The zero-order valence-corrected chi connectivity index (χ0v) is 9.57. The van der Waals surface area contributed by atoms with Gasteiger partial charge in [-0.25, -0.2) is 4.98 Å². The zero-order valence-electron chi connectivity index (χ0n) is 9.57. The maximum absolute atomic E-state index is 10.9. The summed E-state index contributed by atoms with van der Waals surface area (Å²) in [7, 11) is 0. The Morgan fingerprint density at radius 3 is 2.74 bits per heavy atom. The molecule has 8 heteroatoms. The molecule has 3 rings (SSSR count). The summed E-state index contributed by atoms with van der Waals surface area (Å²) in [6, 6.07) is 4.90. The van der Waals surface area contributed by atoms with Gasteiger partial charge in [0.1, 0.15) is 5.69 Å². The summed E-state index contributed by atoms with van der Waals surface area (Å²) in [6.45, 7) is 0. The molecular formula is C11H8N6O2. The summed E-state index contributed by atoms with van der Waals surface area (Å²) >= 11 is 0. The number of nitrogens with zero attached hydrogens (tertiary/aromatic N) is 4. The molecule has 8 nitrogen and oxygen atoms in total. The van der Waals surface area contributed by atoms with E-state index < -0.39 is 4.92 Å². The van der Waals surface area contributed by atoms with Gasteiger partial charge in [0.25, 0.3) is 0 Å². The van der Waals surface area contributed by atoms with E-state index in [9.17, 15) is 10.1 Å². The van der Waals surface area contributed by atoms with Gasteiger partial charge in [-0.15, -0.1) is 0 Å². The second-order valence-corrected chi connectivity index (χ2v) is 3.85. The molecule has 0 spiro atoms. The van der Waals surface area contributed by atoms with Gasteiger partial charge >= 0.3 is 5.69 Å². The number of pyridine rings is 2. The smallest absolute Gasteiger partial charge is 0.311 e. The molecule has 0 saturated carbocycles. The van der Waals surface area contributed by atoms with Crippen molar-refractivity contribution in [3.63, 3.8) is 0 Å². The third-order valence-electron chi connectivity index (χ3n) is 2.71. The van der Waals surface area contributed by atoms with Gasteiger partial charge in [0, 0.05) is 24.0 Å². The number of aromatic nitrogens is 4. The lowest BCUT2D eigenvalue weighted by molar-refractivity contribution is -0.384. The zero-order chi connectivity index (χ0) is 13.4. The molecule has 0 saturated heterocycles. The van der Waals surface area contributed by atoms with Crippen LogP contribution in [-0.2, 0) is 0 Å². The normalized spacial score (nSPS) is 10.7. The number of hydrogen-bond acceptors (Lipinski definition) is 6. The van der Waals surface area contributed by atoms with Gasteiger partial charge in [-0.05, 0) is 12.1 Å². The standard InChI is InChI=1S/C11H8N6O2/c12-10-8(17(18)19)5-7-9(15-16-11(7)14-10)6-1-3-13-4-2-6/h1-5H,(H3,12,14,15,16). The SMILES string of the molecule is Nc1nc2[nH]nc(-c3ccncc3)c2cc1[N+](=O)[O-]. The van der Waals surface area contributed by atoms with Crippen LogP contribution >= 0.6 is 0 Å². The van der Waals surface area contributed by atoms with Crippen molar-refractivity contribution in [3.05, 3.63) is 40.7 Å². The number of anilines is 1. The van der Waals surface area contributed by atoms with Gasteiger partial charge < -0.3 is 5.73 Å². The number of nitrogens with one attached hydrogen (secondary N) is 1. The van der Waals surface area contributed by atoms with Gasteiger partial charge in [0.15, 0.2) is 5.65 Å². The molecule has 0 aromatic carbocycles. The maximum atomic E-state index is 10.9. The molecule has 0 aliphatic heterocycles. The van der Waals surface area contributed by atoms with Gasteiger partial charge in [0.05, 0.1) is 10.3 Å². The summed E-state index contributed by atoms with van der Waals surface area (Å²) in [5.74, 6) is -0.137. The molecule has 0 amide bonds. The first-order valence-corrected chi connectivity index (χ1v) is 5.36. The monoisotopic (exact) mass is 256 g/mol. The third-order valence-corrected chi connectivity index (χ3v) is 2.71. The summed E-state index contributed by atoms with van der Waals surface area (Å²) < 4.78 is 0. The Balaban J connectivity index is 2.28. The predicted octanol–water partition coefficient (Wildman–Crippen LogP) is 1.51. The highest BCUT2D eigenvalue weighted by molar-refractivity contribution is 5.93. The molecule has 3 N–H and O–H groups in total. The first-order chi connectivity index (χ1) is 9.16. The van der Waals surface area contributed by atoms with E-state index in [0.29, 0.717) is 16.7 Å². The van der Waals surface area contributed by atoms with Crippen molar-refractivity contribution in [1.29, 1.82) is 0 Å². The highest BCUT2D eigenvalue weighted by atomic mass is 16.6. The van der Waals surface area contributed by atoms with Crippen molar-refractivity contribution in [2.45, 2.75) is 0 Å². The van der Waals surface area contributed by atoms with Crippen LogP contribution in [0.25, 0.3) is 22.3 Å². The van der Waals surface area contributed by atoms with Gasteiger partial charge in [-0.2, -0.15) is 5.10 Å². The van der Waals surface area contributed by atoms with Gasteiger partial charge in [-0.1, -0.05) is 0 Å². The minimum Gasteiger partial charge on any atom is -0.378 e. The van der Waals surface area contributed by atoms with Crippen molar-refractivity contribution < 1.29 is 4.92 Å². The molecule has 19 heavy (non-hydrogen) atoms. The quantitative estimate of drug-likeness (QED) is 0.529. The van der Waals surface area contributed by atoms with Crippen LogP contribution < -0.4 is 5.73 Å². The lowest BCUT2D eigenvalue weighted by Gasteiger charge is -1.98. The number of nitro groups is 1. The molecule has 0 atom stereocenters.